The Balaban J connectivity index is 1.36. The number of nitrogens with one attached hydrogen (secondary N) is 1. The molecule has 2 aromatic carbocycles. The van der Waals surface area contributed by atoms with Crippen molar-refractivity contribution < 1.29 is 9.59 Å². The predicted molar refractivity (Wildman–Crippen MR) is 112 cm³/mol. The summed E-state index contributed by atoms with van der Waals surface area (Å²) in [6.07, 6.45) is 2.46. The number of halogens is 1. The Bertz CT molecular complexity index is 963. The average Bonchev–Trinajstić information content (AvgIpc) is 3.17. The number of aromatic nitrogens is 2. The number of hydrogen-bond donors (Lipinski definition) is 1. The maximum absolute atomic E-state index is 12.7. The number of H-pyrrole nitrogens is 1. The van der Waals surface area contributed by atoms with Gasteiger partial charge in [-0.25, -0.2) is 4.98 Å². The van der Waals surface area contributed by atoms with E-state index in [4.69, 9.17) is 4.98 Å². The smallest absolute Gasteiger partial charge is 0.223 e. The van der Waals surface area contributed by atoms with Gasteiger partial charge in [0.1, 0.15) is 5.82 Å². The third-order valence-corrected chi connectivity index (χ3v) is 5.83. The normalized spacial score (nSPS) is 17.0. The second kappa shape index (κ2) is 8.27. The summed E-state index contributed by atoms with van der Waals surface area (Å²) in [5.74, 6) is 1.22. The molecule has 0 aliphatic carbocycles. The SMILES string of the molecule is O=C(CCC(=O)N1CCC[C@H](c2nc3ccccc3[nH]2)C1)c1ccc(Br)cc1. The minimum Gasteiger partial charge on any atom is -0.342 e. The number of piperidine rings is 1. The fourth-order valence-electron chi connectivity index (χ4n) is 3.75. The van der Waals surface area contributed by atoms with Crippen LogP contribution in [-0.2, 0) is 4.79 Å². The first kappa shape index (κ1) is 18.9. The highest BCUT2D eigenvalue weighted by Crippen LogP contribution is 2.27. The summed E-state index contributed by atoms with van der Waals surface area (Å²) in [6, 6.07) is 15.2. The minimum atomic E-state index is 0.00620. The summed E-state index contributed by atoms with van der Waals surface area (Å²) in [5, 5.41) is 0. The van der Waals surface area contributed by atoms with Gasteiger partial charge in [-0.2, -0.15) is 0 Å². The molecule has 4 rings (SSSR count). The number of hydrogen-bond acceptors (Lipinski definition) is 3. The van der Waals surface area contributed by atoms with E-state index >= 15 is 0 Å². The summed E-state index contributed by atoms with van der Waals surface area (Å²) in [7, 11) is 0. The fraction of sp³-hybridized carbons (Fsp3) is 0.318. The Morgan fingerprint density at radius 1 is 1.11 bits per heavy atom. The van der Waals surface area contributed by atoms with Crippen molar-refractivity contribution >= 4 is 38.7 Å². The van der Waals surface area contributed by atoms with Crippen LogP contribution in [0.2, 0.25) is 0 Å². The first-order chi connectivity index (χ1) is 13.6. The van der Waals surface area contributed by atoms with Crippen molar-refractivity contribution in [1.82, 2.24) is 14.9 Å². The number of carbonyl (C=O) groups excluding carboxylic acids is 2. The number of rotatable bonds is 5. The van der Waals surface area contributed by atoms with Crippen LogP contribution in [0.25, 0.3) is 11.0 Å². The van der Waals surface area contributed by atoms with E-state index < -0.39 is 0 Å². The molecule has 1 aliphatic heterocycles. The van der Waals surface area contributed by atoms with Crippen molar-refractivity contribution in [3.05, 3.63) is 64.4 Å². The number of Topliss-reactive ketones (excluding diaryl/α,β-unsaturated/α-hetero) is 1. The monoisotopic (exact) mass is 439 g/mol. The molecule has 144 valence electrons. The minimum absolute atomic E-state index is 0.00620. The molecule has 1 N–H and O–H groups in total. The summed E-state index contributed by atoms with van der Waals surface area (Å²) >= 11 is 3.37. The van der Waals surface area contributed by atoms with Gasteiger partial charge in [-0.1, -0.05) is 40.2 Å². The van der Waals surface area contributed by atoms with Crippen LogP contribution in [0.3, 0.4) is 0 Å². The van der Waals surface area contributed by atoms with Crippen molar-refractivity contribution in [2.75, 3.05) is 13.1 Å². The van der Waals surface area contributed by atoms with Crippen LogP contribution in [0.5, 0.6) is 0 Å². The van der Waals surface area contributed by atoms with Gasteiger partial charge < -0.3 is 9.88 Å². The van der Waals surface area contributed by atoms with E-state index in [1.165, 1.54) is 0 Å². The molecular weight excluding hydrogens is 418 g/mol. The standard InChI is InChI=1S/C22H22BrN3O2/c23-17-9-7-15(8-10-17)20(27)11-12-21(28)26-13-3-4-16(14-26)22-24-18-5-1-2-6-19(18)25-22/h1-2,5-10,16H,3-4,11-14H2,(H,24,25)/t16-/m0/s1. The maximum atomic E-state index is 12.7. The van der Waals surface area contributed by atoms with Crippen molar-refractivity contribution in [3.8, 4) is 0 Å². The van der Waals surface area contributed by atoms with E-state index in [0.717, 1.165) is 40.7 Å². The van der Waals surface area contributed by atoms with E-state index in [1.54, 1.807) is 12.1 Å². The van der Waals surface area contributed by atoms with Crippen molar-refractivity contribution in [1.29, 1.82) is 0 Å². The van der Waals surface area contributed by atoms with Gasteiger partial charge in [0.25, 0.3) is 0 Å². The van der Waals surface area contributed by atoms with Crippen LogP contribution >= 0.6 is 15.9 Å². The number of aromatic amines is 1. The van der Waals surface area contributed by atoms with Crippen LogP contribution < -0.4 is 0 Å². The number of imidazole rings is 1. The Morgan fingerprint density at radius 3 is 2.68 bits per heavy atom. The van der Waals surface area contributed by atoms with Gasteiger partial charge in [-0.05, 0) is 37.1 Å². The largest absolute Gasteiger partial charge is 0.342 e. The highest BCUT2D eigenvalue weighted by Gasteiger charge is 2.27. The van der Waals surface area contributed by atoms with Gasteiger partial charge in [0.05, 0.1) is 11.0 Å². The number of para-hydroxylation sites is 2. The molecule has 1 fully saturated rings. The Morgan fingerprint density at radius 2 is 1.89 bits per heavy atom. The Hall–Kier alpha value is -2.47. The summed E-state index contributed by atoms with van der Waals surface area (Å²) in [5.41, 5.74) is 2.64. The van der Waals surface area contributed by atoms with E-state index in [9.17, 15) is 9.59 Å². The predicted octanol–water partition coefficient (Wildman–Crippen LogP) is 4.69. The average molecular weight is 440 g/mol. The first-order valence-electron chi connectivity index (χ1n) is 9.61. The molecule has 5 nitrogen and oxygen atoms in total. The molecule has 1 amide bonds. The van der Waals surface area contributed by atoms with Crippen molar-refractivity contribution in [2.45, 2.75) is 31.6 Å². The molecule has 0 saturated carbocycles. The fourth-order valence-corrected chi connectivity index (χ4v) is 4.02. The quantitative estimate of drug-likeness (QED) is 0.586. The molecule has 0 spiro atoms. The van der Waals surface area contributed by atoms with E-state index in [-0.39, 0.29) is 30.4 Å². The number of ketones is 1. The van der Waals surface area contributed by atoms with E-state index in [2.05, 4.69) is 20.9 Å². The number of amides is 1. The molecule has 6 heteroatoms. The summed E-state index contributed by atoms with van der Waals surface area (Å²) in [4.78, 5) is 35.0. The number of likely N-dealkylation sites (tertiary alicyclic amines) is 1. The first-order valence-corrected chi connectivity index (χ1v) is 10.4. The zero-order valence-corrected chi connectivity index (χ0v) is 17.1. The molecule has 0 unspecified atom stereocenters. The van der Waals surface area contributed by atoms with E-state index in [1.807, 2.05) is 41.3 Å². The van der Waals surface area contributed by atoms with Gasteiger partial charge in [-0.3, -0.25) is 9.59 Å². The maximum Gasteiger partial charge on any atom is 0.223 e. The summed E-state index contributed by atoms with van der Waals surface area (Å²) < 4.78 is 0.935. The van der Waals surface area contributed by atoms with Gasteiger partial charge in [0.15, 0.2) is 5.78 Å². The van der Waals surface area contributed by atoms with Crippen LogP contribution in [0.4, 0.5) is 0 Å². The molecular formula is C22H22BrN3O2. The van der Waals surface area contributed by atoms with Gasteiger partial charge in [0, 0.05) is 41.9 Å². The molecule has 1 atom stereocenters. The molecule has 28 heavy (non-hydrogen) atoms. The van der Waals surface area contributed by atoms with Crippen molar-refractivity contribution in [2.24, 2.45) is 0 Å². The van der Waals surface area contributed by atoms with Crippen molar-refractivity contribution in [3.63, 3.8) is 0 Å². The zero-order chi connectivity index (χ0) is 19.5. The lowest BCUT2D eigenvalue weighted by atomic mass is 9.96. The number of nitrogens with zero attached hydrogens (tertiary/aromatic N) is 2. The van der Waals surface area contributed by atoms with Crippen LogP contribution in [0, 0.1) is 0 Å². The third-order valence-electron chi connectivity index (χ3n) is 5.30. The van der Waals surface area contributed by atoms with Crippen LogP contribution in [0.15, 0.2) is 53.0 Å². The second-order valence-electron chi connectivity index (χ2n) is 7.25. The third kappa shape index (κ3) is 4.17. The molecule has 3 aromatic rings. The lowest BCUT2D eigenvalue weighted by Crippen LogP contribution is -2.39. The topological polar surface area (TPSA) is 66.1 Å². The number of fused-ring (bicyclic) bond motifs is 1. The Kier molecular flexibility index (Phi) is 5.57. The highest BCUT2D eigenvalue weighted by atomic mass is 79.9. The summed E-state index contributed by atoms with van der Waals surface area (Å²) in [6.45, 7) is 1.41. The highest BCUT2D eigenvalue weighted by molar-refractivity contribution is 9.10. The molecule has 1 aromatic heterocycles. The molecule has 2 heterocycles. The number of benzene rings is 2. The zero-order valence-electron chi connectivity index (χ0n) is 15.5. The van der Waals surface area contributed by atoms with Gasteiger partial charge >= 0.3 is 0 Å². The Labute approximate surface area is 172 Å². The van der Waals surface area contributed by atoms with Crippen LogP contribution in [0.1, 0.15) is 47.8 Å². The lowest BCUT2D eigenvalue weighted by Gasteiger charge is -2.32. The van der Waals surface area contributed by atoms with Gasteiger partial charge in [0.2, 0.25) is 5.91 Å². The molecule has 0 bridgehead atoms. The van der Waals surface area contributed by atoms with Gasteiger partial charge in [-0.15, -0.1) is 0 Å². The van der Waals surface area contributed by atoms with Crippen LogP contribution in [-0.4, -0.2) is 39.6 Å². The number of carbonyl (C=O) groups is 2. The second-order valence-corrected chi connectivity index (χ2v) is 8.16. The molecule has 1 aliphatic rings. The molecule has 1 saturated heterocycles. The lowest BCUT2D eigenvalue weighted by molar-refractivity contribution is -0.132. The molecule has 0 radical (unpaired) electrons. The van der Waals surface area contributed by atoms with E-state index in [0.29, 0.717) is 12.1 Å².